The fourth-order valence-electron chi connectivity index (χ4n) is 3.08. The molecule has 1 aromatic rings. The fraction of sp³-hybridized carbons (Fsp3) is 0.529. The van der Waals surface area contributed by atoms with Gasteiger partial charge in [0.1, 0.15) is 5.41 Å². The quantitative estimate of drug-likeness (QED) is 0.797. The Kier molecular flexibility index (Phi) is 4.83. The highest BCUT2D eigenvalue weighted by atomic mass is 35.5. The molecule has 124 valence electrons. The zero-order valence-corrected chi connectivity index (χ0v) is 14.3. The lowest BCUT2D eigenvalue weighted by Crippen LogP contribution is -2.45. The molecule has 0 spiro atoms. The van der Waals surface area contributed by atoms with Gasteiger partial charge in [0.05, 0.1) is 10.0 Å². The first-order valence-electron chi connectivity index (χ1n) is 8.09. The van der Waals surface area contributed by atoms with E-state index in [1.165, 1.54) is 6.42 Å². The molecule has 4 nitrogen and oxygen atoms in total. The maximum atomic E-state index is 12.5. The topological polar surface area (TPSA) is 58.2 Å². The number of hydrogen-bond acceptors (Lipinski definition) is 2. The summed E-state index contributed by atoms with van der Waals surface area (Å²) in [7, 11) is 0. The maximum absolute atomic E-state index is 12.5. The van der Waals surface area contributed by atoms with Crippen molar-refractivity contribution in [1.29, 1.82) is 0 Å². The van der Waals surface area contributed by atoms with E-state index in [1.807, 2.05) is 0 Å². The van der Waals surface area contributed by atoms with Crippen molar-refractivity contribution in [3.05, 3.63) is 28.2 Å². The number of carbonyl (C=O) groups is 2. The van der Waals surface area contributed by atoms with Crippen molar-refractivity contribution in [3.8, 4) is 0 Å². The highest BCUT2D eigenvalue weighted by molar-refractivity contribution is 6.42. The SMILES string of the molecule is O=C(Nc1ccc(Cl)c(Cl)c1)C1(C(=O)NC2CCCCC2)CC1. The molecule has 0 bridgehead atoms. The minimum absolute atomic E-state index is 0.137. The number of hydrogen-bond donors (Lipinski definition) is 2. The lowest BCUT2D eigenvalue weighted by molar-refractivity contribution is -0.135. The number of carbonyl (C=O) groups excluding carboxylic acids is 2. The van der Waals surface area contributed by atoms with Crippen molar-refractivity contribution in [2.45, 2.75) is 51.0 Å². The van der Waals surface area contributed by atoms with E-state index in [9.17, 15) is 9.59 Å². The summed E-state index contributed by atoms with van der Waals surface area (Å²) in [6, 6.07) is 5.12. The average molecular weight is 355 g/mol. The van der Waals surface area contributed by atoms with Crippen molar-refractivity contribution in [2.75, 3.05) is 5.32 Å². The van der Waals surface area contributed by atoms with Crippen LogP contribution in [0.2, 0.25) is 10.0 Å². The molecule has 2 aliphatic rings. The number of anilines is 1. The molecule has 3 rings (SSSR count). The van der Waals surface area contributed by atoms with Gasteiger partial charge in [-0.15, -0.1) is 0 Å². The fourth-order valence-corrected chi connectivity index (χ4v) is 3.38. The molecule has 0 unspecified atom stereocenters. The minimum atomic E-state index is -0.913. The van der Waals surface area contributed by atoms with E-state index in [0.717, 1.165) is 25.7 Å². The first-order chi connectivity index (χ1) is 11.0. The third-order valence-corrected chi connectivity index (χ3v) is 5.48. The van der Waals surface area contributed by atoms with Crippen LogP contribution in [-0.4, -0.2) is 17.9 Å². The number of halogens is 2. The van der Waals surface area contributed by atoms with Crippen molar-refractivity contribution in [3.63, 3.8) is 0 Å². The van der Waals surface area contributed by atoms with E-state index < -0.39 is 5.41 Å². The van der Waals surface area contributed by atoms with Crippen LogP contribution in [0, 0.1) is 5.41 Å². The van der Waals surface area contributed by atoms with Crippen molar-refractivity contribution >= 4 is 40.7 Å². The molecule has 2 saturated carbocycles. The van der Waals surface area contributed by atoms with E-state index in [1.54, 1.807) is 18.2 Å². The second-order valence-electron chi connectivity index (χ2n) is 6.47. The third kappa shape index (κ3) is 3.64. The summed E-state index contributed by atoms with van der Waals surface area (Å²) < 4.78 is 0. The lowest BCUT2D eigenvalue weighted by Gasteiger charge is -2.25. The summed E-state index contributed by atoms with van der Waals surface area (Å²) in [5.74, 6) is -0.397. The molecular formula is C17H20Cl2N2O2. The average Bonchev–Trinajstić information content (AvgIpc) is 3.34. The van der Waals surface area contributed by atoms with Gasteiger partial charge in [0, 0.05) is 11.7 Å². The van der Waals surface area contributed by atoms with Gasteiger partial charge >= 0.3 is 0 Å². The number of amides is 2. The summed E-state index contributed by atoms with van der Waals surface area (Å²) in [5.41, 5.74) is -0.357. The molecule has 2 fully saturated rings. The molecule has 0 saturated heterocycles. The first-order valence-corrected chi connectivity index (χ1v) is 8.84. The highest BCUT2D eigenvalue weighted by Gasteiger charge is 2.56. The van der Waals surface area contributed by atoms with Crippen LogP contribution < -0.4 is 10.6 Å². The van der Waals surface area contributed by atoms with Gasteiger partial charge in [-0.1, -0.05) is 42.5 Å². The predicted molar refractivity (Wildman–Crippen MR) is 91.8 cm³/mol. The van der Waals surface area contributed by atoms with Crippen LogP contribution in [-0.2, 0) is 9.59 Å². The molecule has 2 N–H and O–H groups in total. The molecule has 0 aliphatic heterocycles. The normalized spacial score (nSPS) is 19.9. The van der Waals surface area contributed by atoms with Crippen LogP contribution in [0.15, 0.2) is 18.2 Å². The molecular weight excluding hydrogens is 335 g/mol. The van der Waals surface area contributed by atoms with E-state index in [-0.39, 0.29) is 17.9 Å². The van der Waals surface area contributed by atoms with E-state index in [0.29, 0.717) is 28.6 Å². The summed E-state index contributed by atoms with van der Waals surface area (Å²) >= 11 is 11.8. The smallest absolute Gasteiger partial charge is 0.240 e. The van der Waals surface area contributed by atoms with Gasteiger partial charge in [-0.3, -0.25) is 9.59 Å². The lowest BCUT2D eigenvalue weighted by atomic mass is 9.94. The molecule has 0 heterocycles. The second-order valence-corrected chi connectivity index (χ2v) is 7.29. The summed E-state index contributed by atoms with van der Waals surface area (Å²) in [4.78, 5) is 25.1. The molecule has 2 amide bonds. The Morgan fingerprint density at radius 2 is 1.70 bits per heavy atom. The molecule has 6 heteroatoms. The molecule has 0 radical (unpaired) electrons. The van der Waals surface area contributed by atoms with Gasteiger partial charge in [-0.05, 0) is 43.9 Å². The first kappa shape index (κ1) is 16.6. The highest BCUT2D eigenvalue weighted by Crippen LogP contribution is 2.47. The molecule has 1 aromatic carbocycles. The van der Waals surface area contributed by atoms with Gasteiger partial charge in [0.15, 0.2) is 0 Å². The number of nitrogens with one attached hydrogen (secondary N) is 2. The summed E-state index contributed by atoms with van der Waals surface area (Å²) in [6.45, 7) is 0. The van der Waals surface area contributed by atoms with E-state index in [2.05, 4.69) is 10.6 Å². The Hall–Kier alpha value is -1.26. The Bertz CT molecular complexity index is 623. The van der Waals surface area contributed by atoms with E-state index in [4.69, 9.17) is 23.2 Å². The van der Waals surface area contributed by atoms with Crippen molar-refractivity contribution in [1.82, 2.24) is 5.32 Å². The van der Waals surface area contributed by atoms with Crippen molar-refractivity contribution < 1.29 is 9.59 Å². The molecule has 0 atom stereocenters. The molecule has 0 aromatic heterocycles. The minimum Gasteiger partial charge on any atom is -0.352 e. The Morgan fingerprint density at radius 3 is 2.30 bits per heavy atom. The summed E-state index contributed by atoms with van der Waals surface area (Å²) in [6.07, 6.45) is 6.74. The van der Waals surface area contributed by atoms with Crippen LogP contribution in [0.4, 0.5) is 5.69 Å². The predicted octanol–water partition coefficient (Wildman–Crippen LogP) is 4.16. The summed E-state index contributed by atoms with van der Waals surface area (Å²) in [5, 5.41) is 6.66. The Morgan fingerprint density at radius 1 is 1.00 bits per heavy atom. The monoisotopic (exact) mass is 354 g/mol. The van der Waals surface area contributed by atoms with Gasteiger partial charge in [-0.25, -0.2) is 0 Å². The third-order valence-electron chi connectivity index (χ3n) is 4.74. The number of benzene rings is 1. The maximum Gasteiger partial charge on any atom is 0.240 e. The zero-order valence-electron chi connectivity index (χ0n) is 12.8. The molecule has 23 heavy (non-hydrogen) atoms. The van der Waals surface area contributed by atoms with Crippen LogP contribution in [0.25, 0.3) is 0 Å². The Balaban J connectivity index is 1.63. The van der Waals surface area contributed by atoms with Gasteiger partial charge in [-0.2, -0.15) is 0 Å². The van der Waals surface area contributed by atoms with Crippen LogP contribution >= 0.6 is 23.2 Å². The van der Waals surface area contributed by atoms with Gasteiger partial charge in [0.2, 0.25) is 11.8 Å². The van der Waals surface area contributed by atoms with Crippen LogP contribution in [0.5, 0.6) is 0 Å². The Labute approximate surface area is 145 Å². The van der Waals surface area contributed by atoms with Crippen LogP contribution in [0.1, 0.15) is 44.9 Å². The standard InChI is InChI=1S/C17H20Cl2N2O2/c18-13-7-6-12(10-14(13)19)21-16(23)17(8-9-17)15(22)20-11-4-2-1-3-5-11/h6-7,10-11H,1-5,8-9H2,(H,20,22)(H,21,23). The van der Waals surface area contributed by atoms with Gasteiger partial charge < -0.3 is 10.6 Å². The van der Waals surface area contributed by atoms with Crippen LogP contribution in [0.3, 0.4) is 0 Å². The van der Waals surface area contributed by atoms with Crippen molar-refractivity contribution in [2.24, 2.45) is 5.41 Å². The second kappa shape index (κ2) is 6.70. The van der Waals surface area contributed by atoms with E-state index >= 15 is 0 Å². The largest absolute Gasteiger partial charge is 0.352 e. The zero-order chi connectivity index (χ0) is 16.4. The molecule has 2 aliphatic carbocycles. The number of rotatable bonds is 4. The van der Waals surface area contributed by atoms with Gasteiger partial charge in [0.25, 0.3) is 0 Å².